The molecule has 1 saturated heterocycles. The summed E-state index contributed by atoms with van der Waals surface area (Å²) in [6.45, 7) is 5.93. The highest BCUT2D eigenvalue weighted by Gasteiger charge is 2.32. The zero-order valence-electron chi connectivity index (χ0n) is 14.4. The topological polar surface area (TPSA) is 41.6 Å². The fraction of sp³-hybridized carbons (Fsp3) is 0.200. The molecule has 1 aliphatic heterocycles. The summed E-state index contributed by atoms with van der Waals surface area (Å²) in [4.78, 5) is 14.3. The first kappa shape index (κ1) is 17.2. The van der Waals surface area contributed by atoms with Crippen molar-refractivity contribution in [1.82, 2.24) is 5.32 Å². The first-order valence-electron chi connectivity index (χ1n) is 8.15. The summed E-state index contributed by atoms with van der Waals surface area (Å²) in [7, 11) is 0. The molecule has 128 valence electrons. The summed E-state index contributed by atoms with van der Waals surface area (Å²) in [6.07, 6.45) is 1.92. The Kier molecular flexibility index (Phi) is 4.86. The van der Waals surface area contributed by atoms with Crippen LogP contribution in [-0.4, -0.2) is 17.1 Å². The van der Waals surface area contributed by atoms with Gasteiger partial charge in [0.15, 0.2) is 5.11 Å². The van der Waals surface area contributed by atoms with Gasteiger partial charge in [0.05, 0.1) is 11.8 Å². The maximum absolute atomic E-state index is 12.8. The van der Waals surface area contributed by atoms with E-state index in [1.54, 1.807) is 6.08 Å². The van der Waals surface area contributed by atoms with Gasteiger partial charge in [-0.05, 0) is 68.4 Å². The molecular weight excluding hydrogens is 332 g/mol. The molecule has 0 saturated carbocycles. The zero-order chi connectivity index (χ0) is 18.0. The highest BCUT2D eigenvalue weighted by molar-refractivity contribution is 7.80. The molecule has 0 aromatic heterocycles. The number of hydrogen-bond donors (Lipinski definition) is 1. The van der Waals surface area contributed by atoms with Crippen LogP contribution in [0.15, 0.2) is 54.2 Å². The van der Waals surface area contributed by atoms with Crippen LogP contribution >= 0.6 is 12.2 Å². The Hall–Kier alpha value is -2.66. The van der Waals surface area contributed by atoms with E-state index in [4.69, 9.17) is 17.0 Å². The molecule has 1 N–H and O–H groups in total. The Balaban J connectivity index is 1.84. The summed E-state index contributed by atoms with van der Waals surface area (Å²) in [5.41, 5.74) is 3.16. The number of hydrogen-bond acceptors (Lipinski definition) is 3. The lowest BCUT2D eigenvalue weighted by molar-refractivity contribution is -0.113. The Morgan fingerprint density at radius 1 is 1.12 bits per heavy atom. The summed E-state index contributed by atoms with van der Waals surface area (Å²) in [5, 5.41) is 3.41. The van der Waals surface area contributed by atoms with Gasteiger partial charge in [-0.3, -0.25) is 9.69 Å². The number of benzene rings is 2. The van der Waals surface area contributed by atoms with Crippen LogP contribution in [-0.2, 0) is 4.79 Å². The van der Waals surface area contributed by atoms with Crippen LogP contribution in [0.5, 0.6) is 5.75 Å². The number of carbonyl (C=O) groups excluding carboxylic acids is 1. The van der Waals surface area contributed by atoms with Crippen molar-refractivity contribution in [1.29, 1.82) is 0 Å². The number of aryl methyl sites for hydroxylation is 1. The van der Waals surface area contributed by atoms with Crippen LogP contribution in [0.3, 0.4) is 0 Å². The van der Waals surface area contributed by atoms with Gasteiger partial charge in [0, 0.05) is 0 Å². The summed E-state index contributed by atoms with van der Waals surface area (Å²) < 4.78 is 5.63. The van der Waals surface area contributed by atoms with E-state index in [1.165, 1.54) is 4.90 Å². The van der Waals surface area contributed by atoms with Crippen LogP contribution < -0.4 is 15.0 Å². The van der Waals surface area contributed by atoms with Gasteiger partial charge in [-0.25, -0.2) is 0 Å². The molecule has 2 aromatic rings. The molecule has 0 aliphatic carbocycles. The van der Waals surface area contributed by atoms with Crippen molar-refractivity contribution in [2.24, 2.45) is 0 Å². The molecule has 3 rings (SSSR count). The quantitative estimate of drug-likeness (QED) is 0.666. The molecule has 0 atom stereocenters. The van der Waals surface area contributed by atoms with Gasteiger partial charge in [-0.2, -0.15) is 0 Å². The van der Waals surface area contributed by atoms with Gasteiger partial charge in [0.2, 0.25) is 0 Å². The Labute approximate surface area is 153 Å². The van der Waals surface area contributed by atoms with E-state index >= 15 is 0 Å². The molecule has 4 nitrogen and oxygen atoms in total. The molecule has 1 aliphatic rings. The van der Waals surface area contributed by atoms with Crippen molar-refractivity contribution in [3.63, 3.8) is 0 Å². The predicted octanol–water partition coefficient (Wildman–Crippen LogP) is 4.04. The maximum atomic E-state index is 12.8. The molecular formula is C20H20N2O2S. The third-order valence-electron chi connectivity index (χ3n) is 3.80. The number of amides is 1. The number of nitrogens with one attached hydrogen (secondary N) is 1. The fourth-order valence-corrected chi connectivity index (χ4v) is 2.94. The van der Waals surface area contributed by atoms with Crippen molar-refractivity contribution in [2.75, 3.05) is 4.90 Å². The Morgan fingerprint density at radius 3 is 2.44 bits per heavy atom. The van der Waals surface area contributed by atoms with Crippen molar-refractivity contribution in [2.45, 2.75) is 26.9 Å². The monoisotopic (exact) mass is 352 g/mol. The van der Waals surface area contributed by atoms with Gasteiger partial charge >= 0.3 is 0 Å². The zero-order valence-corrected chi connectivity index (χ0v) is 15.3. The third-order valence-corrected chi connectivity index (χ3v) is 4.08. The van der Waals surface area contributed by atoms with Gasteiger partial charge < -0.3 is 10.1 Å². The normalized spacial score (nSPS) is 15.8. The smallest absolute Gasteiger partial charge is 0.281 e. The molecule has 2 aromatic carbocycles. The lowest BCUT2D eigenvalue weighted by Crippen LogP contribution is -2.30. The van der Waals surface area contributed by atoms with Gasteiger partial charge in [-0.1, -0.05) is 30.3 Å². The maximum Gasteiger partial charge on any atom is 0.281 e. The van der Waals surface area contributed by atoms with Crippen molar-refractivity contribution in [3.8, 4) is 5.75 Å². The number of rotatable bonds is 4. The second-order valence-corrected chi connectivity index (χ2v) is 6.54. The molecule has 1 fully saturated rings. The standard InChI is InChI=1S/C20H20N2O2S/c1-13(2)24-16-10-8-15(9-11-16)12-17-19(23)22(20(25)21-17)18-7-5-4-6-14(18)3/h4-13H,1-3H3,(H,21,25)/b17-12+. The molecule has 5 heteroatoms. The molecule has 0 spiro atoms. The highest BCUT2D eigenvalue weighted by atomic mass is 32.1. The first-order valence-corrected chi connectivity index (χ1v) is 8.56. The van der Waals surface area contributed by atoms with E-state index in [-0.39, 0.29) is 12.0 Å². The van der Waals surface area contributed by atoms with Crippen LogP contribution in [0, 0.1) is 6.92 Å². The molecule has 0 unspecified atom stereocenters. The van der Waals surface area contributed by atoms with E-state index in [2.05, 4.69) is 5.32 Å². The van der Waals surface area contributed by atoms with Crippen molar-refractivity contribution >= 4 is 35.0 Å². The highest BCUT2D eigenvalue weighted by Crippen LogP contribution is 2.25. The van der Waals surface area contributed by atoms with Gasteiger partial charge in [0.1, 0.15) is 11.4 Å². The minimum atomic E-state index is -0.151. The third kappa shape index (κ3) is 3.72. The summed E-state index contributed by atoms with van der Waals surface area (Å²) in [5.74, 6) is 0.654. The first-order chi connectivity index (χ1) is 12.0. The molecule has 0 bridgehead atoms. The lowest BCUT2D eigenvalue weighted by atomic mass is 10.1. The number of ether oxygens (including phenoxy) is 1. The SMILES string of the molecule is Cc1ccccc1N1C(=O)/C(=C\c2ccc(OC(C)C)cc2)NC1=S. The van der Waals surface area contributed by atoms with Gasteiger partial charge in [0.25, 0.3) is 5.91 Å². The number of nitrogens with zero attached hydrogens (tertiary/aromatic N) is 1. The number of anilines is 1. The molecule has 1 amide bonds. The predicted molar refractivity (Wildman–Crippen MR) is 105 cm³/mol. The largest absolute Gasteiger partial charge is 0.491 e. The van der Waals surface area contributed by atoms with E-state index < -0.39 is 0 Å². The van der Waals surface area contributed by atoms with Crippen LogP contribution in [0.4, 0.5) is 5.69 Å². The van der Waals surface area contributed by atoms with Gasteiger partial charge in [-0.15, -0.1) is 0 Å². The average molecular weight is 352 g/mol. The van der Waals surface area contributed by atoms with E-state index in [0.717, 1.165) is 22.6 Å². The second kappa shape index (κ2) is 7.07. The Bertz CT molecular complexity index is 841. The summed E-state index contributed by atoms with van der Waals surface area (Å²) >= 11 is 5.35. The number of thiocarbonyl (C=S) groups is 1. The number of carbonyl (C=O) groups is 1. The molecule has 25 heavy (non-hydrogen) atoms. The Morgan fingerprint density at radius 2 is 1.80 bits per heavy atom. The minimum absolute atomic E-state index is 0.127. The lowest BCUT2D eigenvalue weighted by Gasteiger charge is -2.16. The number of para-hydroxylation sites is 1. The average Bonchev–Trinajstić information content (AvgIpc) is 2.83. The minimum Gasteiger partial charge on any atom is -0.491 e. The van der Waals surface area contributed by atoms with Crippen LogP contribution in [0.25, 0.3) is 6.08 Å². The van der Waals surface area contributed by atoms with E-state index in [9.17, 15) is 4.79 Å². The van der Waals surface area contributed by atoms with Crippen molar-refractivity contribution in [3.05, 3.63) is 65.4 Å². The fourth-order valence-electron chi connectivity index (χ4n) is 2.65. The van der Waals surface area contributed by atoms with Crippen LogP contribution in [0.2, 0.25) is 0 Å². The summed E-state index contributed by atoms with van der Waals surface area (Å²) in [6, 6.07) is 15.3. The van der Waals surface area contributed by atoms with Crippen molar-refractivity contribution < 1.29 is 9.53 Å². The molecule has 0 radical (unpaired) electrons. The van der Waals surface area contributed by atoms with E-state index in [0.29, 0.717) is 10.8 Å². The molecule has 1 heterocycles. The van der Waals surface area contributed by atoms with Crippen LogP contribution in [0.1, 0.15) is 25.0 Å². The second-order valence-electron chi connectivity index (χ2n) is 6.15. The van der Waals surface area contributed by atoms with E-state index in [1.807, 2.05) is 69.3 Å².